The first-order chi connectivity index (χ1) is 12.4. The monoisotopic (exact) mass is 410 g/mol. The minimum atomic E-state index is -5.66. The van der Waals surface area contributed by atoms with E-state index in [1.165, 1.54) is 19.3 Å². The Hall–Kier alpha value is -0.840. The Bertz CT molecular complexity index is 702. The molecule has 1 heterocycles. The van der Waals surface area contributed by atoms with Gasteiger partial charge in [0.05, 0.1) is 6.61 Å². The van der Waals surface area contributed by atoms with Crippen molar-refractivity contribution >= 4 is 16.1 Å². The van der Waals surface area contributed by atoms with Gasteiger partial charge < -0.3 is 14.2 Å². The van der Waals surface area contributed by atoms with Crippen LogP contribution in [0.1, 0.15) is 45.4 Å². The highest BCUT2D eigenvalue weighted by Gasteiger charge is 2.63. The summed E-state index contributed by atoms with van der Waals surface area (Å²) in [5.41, 5.74) is -0.185. The van der Waals surface area contributed by atoms with E-state index >= 15 is 0 Å². The first-order valence-corrected chi connectivity index (χ1v) is 10.7. The molecular weight excluding hydrogens is 386 g/mol. The first kappa shape index (κ1) is 19.5. The second-order valence-corrected chi connectivity index (χ2v) is 10.3. The maximum absolute atomic E-state index is 13.2. The lowest BCUT2D eigenvalue weighted by Crippen LogP contribution is -2.58. The van der Waals surface area contributed by atoms with E-state index < -0.39 is 39.8 Å². The molecule has 0 spiro atoms. The smallest absolute Gasteiger partial charge is 0.402 e. The van der Waals surface area contributed by atoms with Gasteiger partial charge in [-0.25, -0.2) is 4.79 Å². The van der Waals surface area contributed by atoms with Crippen molar-refractivity contribution in [3.8, 4) is 0 Å². The molecule has 7 nitrogen and oxygen atoms in total. The highest BCUT2D eigenvalue weighted by atomic mass is 32.2. The van der Waals surface area contributed by atoms with Crippen LogP contribution in [0, 0.1) is 23.2 Å². The molecule has 0 amide bonds. The summed E-state index contributed by atoms with van der Waals surface area (Å²) >= 11 is 0. The van der Waals surface area contributed by atoms with Crippen LogP contribution in [0.4, 0.5) is 8.78 Å². The Morgan fingerprint density at radius 3 is 2.19 bits per heavy atom. The minimum Gasteiger partial charge on any atom is -0.456 e. The number of carbonyl (C=O) groups is 1. The number of rotatable bonds is 5. The molecule has 0 aromatic heterocycles. The second kappa shape index (κ2) is 6.08. The topological polar surface area (TPSA) is 99.1 Å². The van der Waals surface area contributed by atoms with E-state index in [1.54, 1.807) is 6.92 Å². The summed E-state index contributed by atoms with van der Waals surface area (Å²) in [4.78, 5) is 12.1. The Morgan fingerprint density at radius 2 is 1.70 bits per heavy atom. The lowest BCUT2D eigenvalue weighted by Gasteiger charge is -2.61. The molecule has 4 bridgehead atoms. The molecule has 0 aromatic rings. The maximum Gasteiger partial charge on any atom is 0.402 e. The van der Waals surface area contributed by atoms with E-state index in [4.69, 9.17) is 14.0 Å². The van der Waals surface area contributed by atoms with Gasteiger partial charge in [0.1, 0.15) is 0 Å². The quantitative estimate of drug-likeness (QED) is 0.549. The number of carbonyl (C=O) groups excluding carboxylic acids is 1. The molecule has 5 fully saturated rings. The molecule has 4 aliphatic carbocycles. The molecule has 27 heavy (non-hydrogen) atoms. The Balaban J connectivity index is 1.42. The summed E-state index contributed by atoms with van der Waals surface area (Å²) in [6.45, 7) is -0.0899. The molecule has 1 N–H and O–H groups in total. The van der Waals surface area contributed by atoms with E-state index in [0.717, 1.165) is 19.3 Å². The van der Waals surface area contributed by atoms with E-state index in [-0.39, 0.29) is 12.0 Å². The molecule has 2 unspecified atom stereocenters. The molecule has 5 aliphatic rings. The molecule has 0 aromatic carbocycles. The minimum absolute atomic E-state index is 0.130. The lowest BCUT2D eigenvalue weighted by molar-refractivity contribution is -0.277. The fourth-order valence-corrected chi connectivity index (χ4v) is 6.17. The van der Waals surface area contributed by atoms with Crippen molar-refractivity contribution in [3.63, 3.8) is 0 Å². The summed E-state index contributed by atoms with van der Waals surface area (Å²) in [7, 11) is -5.66. The van der Waals surface area contributed by atoms with Crippen molar-refractivity contribution in [1.82, 2.24) is 0 Å². The summed E-state index contributed by atoms with van der Waals surface area (Å²) in [6, 6.07) is 0. The van der Waals surface area contributed by atoms with Crippen LogP contribution in [-0.2, 0) is 29.1 Å². The number of hydrogen-bond acceptors (Lipinski definition) is 6. The summed E-state index contributed by atoms with van der Waals surface area (Å²) < 4.78 is 72.4. The van der Waals surface area contributed by atoms with Crippen LogP contribution in [0.5, 0.6) is 0 Å². The van der Waals surface area contributed by atoms with Crippen LogP contribution in [0.3, 0.4) is 0 Å². The molecular formula is C17H24F2O7S. The van der Waals surface area contributed by atoms with Crippen molar-refractivity contribution in [2.45, 2.75) is 62.6 Å². The van der Waals surface area contributed by atoms with Gasteiger partial charge in [-0.3, -0.25) is 4.55 Å². The van der Waals surface area contributed by atoms with Crippen LogP contribution >= 0.6 is 0 Å². The third-order valence-corrected chi connectivity index (χ3v) is 7.77. The number of hydrogen-bond donors (Lipinski definition) is 1. The van der Waals surface area contributed by atoms with Gasteiger partial charge in [0.25, 0.3) is 0 Å². The number of halogens is 2. The van der Waals surface area contributed by atoms with E-state index in [9.17, 15) is 22.0 Å². The largest absolute Gasteiger partial charge is 0.456 e. The van der Waals surface area contributed by atoms with E-state index in [0.29, 0.717) is 17.8 Å². The molecule has 2 atom stereocenters. The van der Waals surface area contributed by atoms with Gasteiger partial charge in [0.15, 0.2) is 18.5 Å². The Morgan fingerprint density at radius 1 is 1.19 bits per heavy atom. The second-order valence-electron chi connectivity index (χ2n) is 8.78. The van der Waals surface area contributed by atoms with E-state index in [2.05, 4.69) is 4.74 Å². The van der Waals surface area contributed by atoms with Crippen molar-refractivity contribution < 1.29 is 40.8 Å². The average Bonchev–Trinajstić information content (AvgIpc) is 2.95. The maximum atomic E-state index is 13.2. The fourth-order valence-electron chi connectivity index (χ4n) is 5.96. The highest BCUT2D eigenvalue weighted by molar-refractivity contribution is 7.86. The SMILES string of the molecule is CC1(C23CC4CC(CC(C4)C2)C3)OCC(C(=O)OCC(F)(F)S(=O)(=O)O)O1. The Kier molecular flexibility index (Phi) is 4.38. The van der Waals surface area contributed by atoms with Crippen LogP contribution in [0.25, 0.3) is 0 Å². The first-order valence-electron chi connectivity index (χ1n) is 9.26. The predicted octanol–water partition coefficient (Wildman–Crippen LogP) is 2.36. The zero-order valence-corrected chi connectivity index (χ0v) is 15.8. The van der Waals surface area contributed by atoms with Crippen LogP contribution in [-0.4, -0.2) is 49.3 Å². The van der Waals surface area contributed by atoms with Gasteiger partial charge in [0.2, 0.25) is 0 Å². The highest BCUT2D eigenvalue weighted by Crippen LogP contribution is 2.65. The predicted molar refractivity (Wildman–Crippen MR) is 87.3 cm³/mol. The molecule has 0 radical (unpaired) electrons. The fraction of sp³-hybridized carbons (Fsp3) is 0.941. The van der Waals surface area contributed by atoms with Gasteiger partial charge in [-0.05, 0) is 63.2 Å². The van der Waals surface area contributed by atoms with Crippen LogP contribution in [0.15, 0.2) is 0 Å². The molecule has 10 heteroatoms. The van der Waals surface area contributed by atoms with Crippen LogP contribution in [0.2, 0.25) is 0 Å². The standard InChI is InChI=1S/C17H24F2O7S/c1-15(16-5-10-2-11(6-16)4-12(3-10)7-16)25-8-13(26-15)14(20)24-9-17(18,19)27(21,22)23/h10-13H,2-9H2,1H3,(H,21,22,23). The van der Waals surface area contributed by atoms with Gasteiger partial charge >= 0.3 is 21.3 Å². The molecule has 154 valence electrons. The molecule has 4 saturated carbocycles. The van der Waals surface area contributed by atoms with Crippen molar-refractivity contribution in [2.24, 2.45) is 23.2 Å². The van der Waals surface area contributed by atoms with Gasteiger partial charge in [-0.2, -0.15) is 17.2 Å². The van der Waals surface area contributed by atoms with E-state index in [1.807, 2.05) is 0 Å². The summed E-state index contributed by atoms with van der Waals surface area (Å²) in [6.07, 6.45) is 5.40. The molecule has 1 aliphatic heterocycles. The third kappa shape index (κ3) is 3.18. The summed E-state index contributed by atoms with van der Waals surface area (Å²) in [5, 5.41) is -4.56. The molecule has 5 rings (SSSR count). The zero-order valence-electron chi connectivity index (χ0n) is 15.0. The lowest BCUT2D eigenvalue weighted by atomic mass is 9.47. The van der Waals surface area contributed by atoms with Gasteiger partial charge in [-0.1, -0.05) is 0 Å². The van der Waals surface area contributed by atoms with Gasteiger partial charge in [0, 0.05) is 5.41 Å². The van der Waals surface area contributed by atoms with Crippen molar-refractivity contribution in [1.29, 1.82) is 0 Å². The van der Waals surface area contributed by atoms with Crippen molar-refractivity contribution in [2.75, 3.05) is 13.2 Å². The van der Waals surface area contributed by atoms with Crippen molar-refractivity contribution in [3.05, 3.63) is 0 Å². The molecule has 1 saturated heterocycles. The number of esters is 1. The number of alkyl halides is 2. The average molecular weight is 410 g/mol. The van der Waals surface area contributed by atoms with Gasteiger partial charge in [-0.15, -0.1) is 0 Å². The Labute approximate surface area is 156 Å². The number of ether oxygens (including phenoxy) is 3. The third-order valence-electron chi connectivity index (χ3n) is 6.90. The normalized spacial score (nSPS) is 43.9. The zero-order chi connectivity index (χ0) is 19.7. The van der Waals surface area contributed by atoms with Crippen LogP contribution < -0.4 is 0 Å². The summed E-state index contributed by atoms with van der Waals surface area (Å²) in [5.74, 6) is -0.191.